The highest BCUT2D eigenvalue weighted by Crippen LogP contribution is 2.44. The maximum atomic E-state index is 11.9. The van der Waals surface area contributed by atoms with Crippen LogP contribution in [0.1, 0.15) is 23.5 Å². The molecule has 0 aromatic heterocycles. The van der Waals surface area contributed by atoms with Gasteiger partial charge in [-0.2, -0.15) is 0 Å². The van der Waals surface area contributed by atoms with Crippen LogP contribution in [0, 0.1) is 0 Å². The van der Waals surface area contributed by atoms with Crippen LogP contribution in [0.3, 0.4) is 0 Å². The first-order valence-corrected chi connectivity index (χ1v) is 7.41. The molecule has 1 fully saturated rings. The number of hydrogen-bond donors (Lipinski definition) is 0. The average Bonchev–Trinajstić information content (AvgIpc) is 2.86. The van der Waals surface area contributed by atoms with Gasteiger partial charge in [0, 0.05) is 18.9 Å². The van der Waals surface area contributed by atoms with Crippen molar-refractivity contribution in [3.8, 4) is 11.1 Å². The van der Waals surface area contributed by atoms with Crippen molar-refractivity contribution in [2.24, 2.45) is 0 Å². The molecule has 4 nitrogen and oxygen atoms in total. The Morgan fingerprint density at radius 2 is 1.64 bits per heavy atom. The highest BCUT2D eigenvalue weighted by atomic mass is 16.6. The second-order valence-corrected chi connectivity index (χ2v) is 5.60. The predicted molar refractivity (Wildman–Crippen MR) is 81.4 cm³/mol. The number of nitrogens with zero attached hydrogens (tertiary/aromatic N) is 1. The van der Waals surface area contributed by atoms with Gasteiger partial charge < -0.3 is 4.74 Å². The number of carbonyl (C=O) groups is 2. The summed E-state index contributed by atoms with van der Waals surface area (Å²) >= 11 is 0. The van der Waals surface area contributed by atoms with E-state index in [4.69, 9.17) is 4.74 Å². The van der Waals surface area contributed by atoms with Crippen LogP contribution >= 0.6 is 0 Å². The number of likely N-dealkylation sites (tertiary alicyclic amines) is 1. The van der Waals surface area contributed by atoms with Crippen molar-refractivity contribution in [2.45, 2.75) is 12.3 Å². The first kappa shape index (κ1) is 13.1. The van der Waals surface area contributed by atoms with Gasteiger partial charge in [0.05, 0.1) is 0 Å². The van der Waals surface area contributed by atoms with Gasteiger partial charge in [0.1, 0.15) is 6.61 Å². The molecule has 2 aromatic rings. The molecule has 4 heteroatoms. The Balaban J connectivity index is 1.59. The smallest absolute Gasteiger partial charge is 0.416 e. The number of amides is 2. The summed E-state index contributed by atoms with van der Waals surface area (Å²) in [7, 11) is 0. The lowest BCUT2D eigenvalue weighted by molar-refractivity contribution is -0.137. The van der Waals surface area contributed by atoms with Gasteiger partial charge in [-0.1, -0.05) is 48.5 Å². The summed E-state index contributed by atoms with van der Waals surface area (Å²) in [6.45, 7) is 0.728. The van der Waals surface area contributed by atoms with Crippen LogP contribution in [0.2, 0.25) is 0 Å². The molecule has 0 spiro atoms. The lowest BCUT2D eigenvalue weighted by Gasteiger charge is -2.28. The summed E-state index contributed by atoms with van der Waals surface area (Å²) < 4.78 is 5.38. The maximum absolute atomic E-state index is 11.9. The first-order chi connectivity index (χ1) is 10.8. The van der Waals surface area contributed by atoms with Gasteiger partial charge in [-0.3, -0.25) is 4.79 Å². The zero-order valence-corrected chi connectivity index (χ0v) is 12.0. The summed E-state index contributed by atoms with van der Waals surface area (Å²) in [6.07, 6.45) is -0.0948. The number of rotatable bonds is 2. The van der Waals surface area contributed by atoms with E-state index in [0.717, 1.165) is 4.90 Å². The molecule has 1 aliphatic heterocycles. The average molecular weight is 293 g/mol. The lowest BCUT2D eigenvalue weighted by Crippen LogP contribution is -2.47. The SMILES string of the molecule is O=C1CCN1C(=O)OCC1c2ccccc2-c2ccccc21. The third-order valence-corrected chi connectivity index (χ3v) is 4.41. The topological polar surface area (TPSA) is 46.6 Å². The number of carbonyl (C=O) groups excluding carboxylic acids is 2. The molecule has 22 heavy (non-hydrogen) atoms. The molecule has 0 atom stereocenters. The van der Waals surface area contributed by atoms with Crippen molar-refractivity contribution in [3.05, 3.63) is 59.7 Å². The quantitative estimate of drug-likeness (QED) is 0.799. The molecule has 2 amide bonds. The van der Waals surface area contributed by atoms with Crippen LogP contribution in [0.15, 0.2) is 48.5 Å². The Morgan fingerprint density at radius 1 is 1.05 bits per heavy atom. The van der Waals surface area contributed by atoms with Crippen molar-refractivity contribution < 1.29 is 14.3 Å². The Bertz CT molecular complexity index is 723. The summed E-state index contributed by atoms with van der Waals surface area (Å²) in [6, 6.07) is 16.4. The Kier molecular flexibility index (Phi) is 2.96. The number of ether oxygens (including phenoxy) is 1. The van der Waals surface area contributed by atoms with Gasteiger partial charge in [0.2, 0.25) is 5.91 Å². The number of benzene rings is 2. The molecule has 0 radical (unpaired) electrons. The first-order valence-electron chi connectivity index (χ1n) is 7.41. The molecule has 0 N–H and O–H groups in total. The van der Waals surface area contributed by atoms with E-state index >= 15 is 0 Å². The van der Waals surface area contributed by atoms with E-state index in [1.54, 1.807) is 0 Å². The van der Waals surface area contributed by atoms with Crippen LogP contribution in [-0.2, 0) is 9.53 Å². The minimum absolute atomic E-state index is 0.0349. The van der Waals surface area contributed by atoms with Gasteiger partial charge in [-0.05, 0) is 22.3 Å². The second kappa shape index (κ2) is 4.98. The standard InChI is InChI=1S/C18H15NO3/c20-17-9-10-19(17)18(21)22-11-16-14-7-3-1-5-12(14)13-6-2-4-8-15(13)16/h1-8,16H,9-11H2. The fourth-order valence-corrected chi connectivity index (χ4v) is 3.18. The van der Waals surface area contributed by atoms with Crippen molar-refractivity contribution in [1.82, 2.24) is 4.90 Å². The normalized spacial score (nSPS) is 16.0. The molecule has 0 saturated carbocycles. The third kappa shape index (κ3) is 1.91. The number of fused-ring (bicyclic) bond motifs is 3. The zero-order valence-electron chi connectivity index (χ0n) is 12.0. The van der Waals surface area contributed by atoms with E-state index < -0.39 is 6.09 Å². The van der Waals surface area contributed by atoms with E-state index in [1.807, 2.05) is 24.3 Å². The van der Waals surface area contributed by atoms with Crippen LogP contribution in [0.25, 0.3) is 11.1 Å². The fourth-order valence-electron chi connectivity index (χ4n) is 3.18. The molecule has 110 valence electrons. The molecule has 0 unspecified atom stereocenters. The van der Waals surface area contributed by atoms with Crippen molar-refractivity contribution >= 4 is 12.0 Å². The van der Waals surface area contributed by atoms with E-state index in [0.29, 0.717) is 13.0 Å². The zero-order chi connectivity index (χ0) is 15.1. The molecule has 1 heterocycles. The Hall–Kier alpha value is -2.62. The van der Waals surface area contributed by atoms with Crippen LogP contribution in [0.4, 0.5) is 4.79 Å². The number of imide groups is 1. The maximum Gasteiger partial charge on any atom is 0.416 e. The molecule has 4 rings (SSSR count). The number of hydrogen-bond acceptors (Lipinski definition) is 3. The summed E-state index contributed by atoms with van der Waals surface area (Å²) in [5, 5.41) is 0. The van der Waals surface area contributed by atoms with E-state index in [2.05, 4.69) is 24.3 Å². The van der Waals surface area contributed by atoms with Crippen molar-refractivity contribution in [1.29, 1.82) is 0 Å². The molecule has 2 aliphatic rings. The van der Waals surface area contributed by atoms with Crippen LogP contribution in [-0.4, -0.2) is 30.1 Å². The van der Waals surface area contributed by atoms with Crippen molar-refractivity contribution in [2.75, 3.05) is 13.2 Å². The molecular weight excluding hydrogens is 278 g/mol. The summed E-state index contributed by atoms with van der Waals surface area (Å²) in [4.78, 5) is 24.3. The van der Waals surface area contributed by atoms with Gasteiger partial charge in [0.15, 0.2) is 0 Å². The minimum atomic E-state index is -0.530. The van der Waals surface area contributed by atoms with E-state index in [-0.39, 0.29) is 18.4 Å². The molecular formula is C18H15NO3. The van der Waals surface area contributed by atoms with E-state index in [1.165, 1.54) is 22.3 Å². The minimum Gasteiger partial charge on any atom is -0.448 e. The largest absolute Gasteiger partial charge is 0.448 e. The lowest BCUT2D eigenvalue weighted by atomic mass is 9.98. The highest BCUT2D eigenvalue weighted by Gasteiger charge is 2.33. The van der Waals surface area contributed by atoms with Gasteiger partial charge >= 0.3 is 6.09 Å². The second-order valence-electron chi connectivity index (χ2n) is 5.60. The molecule has 2 aromatic carbocycles. The van der Waals surface area contributed by atoms with Gasteiger partial charge in [0.25, 0.3) is 0 Å². The van der Waals surface area contributed by atoms with Gasteiger partial charge in [-0.25, -0.2) is 9.69 Å². The monoisotopic (exact) mass is 293 g/mol. The van der Waals surface area contributed by atoms with E-state index in [9.17, 15) is 9.59 Å². The van der Waals surface area contributed by atoms with Crippen LogP contribution < -0.4 is 0 Å². The third-order valence-electron chi connectivity index (χ3n) is 4.41. The predicted octanol–water partition coefficient (Wildman–Crippen LogP) is 3.17. The highest BCUT2D eigenvalue weighted by molar-refractivity contribution is 5.96. The summed E-state index contributed by atoms with van der Waals surface area (Å²) in [5.74, 6) is -0.120. The Labute approximate surface area is 128 Å². The molecule has 1 aliphatic carbocycles. The fraction of sp³-hybridized carbons (Fsp3) is 0.222. The van der Waals surface area contributed by atoms with Crippen LogP contribution in [0.5, 0.6) is 0 Å². The Morgan fingerprint density at radius 3 is 2.14 bits per heavy atom. The number of β-lactam (4-membered cyclic amide) rings is 1. The summed E-state index contributed by atoms with van der Waals surface area (Å²) in [5.41, 5.74) is 4.73. The molecule has 1 saturated heterocycles. The van der Waals surface area contributed by atoms with Crippen molar-refractivity contribution in [3.63, 3.8) is 0 Å². The van der Waals surface area contributed by atoms with Gasteiger partial charge in [-0.15, -0.1) is 0 Å². The molecule has 0 bridgehead atoms.